The number of aliphatic carboxylic acids is 1. The molecule has 0 atom stereocenters. The summed E-state index contributed by atoms with van der Waals surface area (Å²) in [6.45, 7) is 2.24. The number of nitrogens with zero attached hydrogens (tertiary/aromatic N) is 2. The van der Waals surface area contributed by atoms with Crippen LogP contribution in [-0.4, -0.2) is 33.8 Å². The van der Waals surface area contributed by atoms with Crippen molar-refractivity contribution in [3.8, 4) is 0 Å². The smallest absolute Gasteiger partial charge is 0.321 e. The molecule has 8 heteroatoms. The van der Waals surface area contributed by atoms with E-state index in [0.29, 0.717) is 24.5 Å². The number of hydrogen-bond acceptors (Lipinski definition) is 5. The SMILES string of the molecule is Cc1nnc(NC(=O)NCCCCC(=O)O)s1. The van der Waals surface area contributed by atoms with Gasteiger partial charge in [0.2, 0.25) is 5.13 Å². The van der Waals surface area contributed by atoms with Crippen LogP contribution in [0.1, 0.15) is 24.3 Å². The van der Waals surface area contributed by atoms with Gasteiger partial charge >= 0.3 is 12.0 Å². The molecule has 1 heterocycles. The molecule has 0 saturated heterocycles. The summed E-state index contributed by atoms with van der Waals surface area (Å²) in [5, 5.41) is 22.3. The van der Waals surface area contributed by atoms with Crippen molar-refractivity contribution in [3.63, 3.8) is 0 Å². The van der Waals surface area contributed by atoms with Crippen LogP contribution in [0, 0.1) is 6.92 Å². The molecule has 0 aliphatic rings. The summed E-state index contributed by atoms with van der Waals surface area (Å²) in [7, 11) is 0. The van der Waals surface area contributed by atoms with Gasteiger partial charge in [0.15, 0.2) is 0 Å². The normalized spacial score (nSPS) is 9.94. The number of amides is 2. The number of nitrogens with one attached hydrogen (secondary N) is 2. The molecule has 0 aliphatic heterocycles. The number of urea groups is 1. The molecule has 0 bridgehead atoms. The molecule has 0 aliphatic carbocycles. The average Bonchev–Trinajstić information content (AvgIpc) is 2.63. The van der Waals surface area contributed by atoms with Gasteiger partial charge in [-0.3, -0.25) is 10.1 Å². The monoisotopic (exact) mass is 258 g/mol. The maximum absolute atomic E-state index is 11.3. The number of rotatable bonds is 6. The Morgan fingerprint density at radius 2 is 2.12 bits per heavy atom. The second kappa shape index (κ2) is 6.79. The molecule has 0 fully saturated rings. The Morgan fingerprint density at radius 3 is 2.71 bits per heavy atom. The van der Waals surface area contributed by atoms with Gasteiger partial charge in [-0.2, -0.15) is 0 Å². The van der Waals surface area contributed by atoms with Gasteiger partial charge in [-0.05, 0) is 19.8 Å². The number of carbonyl (C=O) groups excluding carboxylic acids is 1. The Balaban J connectivity index is 2.11. The van der Waals surface area contributed by atoms with Gasteiger partial charge in [0.25, 0.3) is 0 Å². The Kier molecular flexibility index (Phi) is 5.34. The van der Waals surface area contributed by atoms with Crippen LogP contribution in [-0.2, 0) is 4.79 Å². The number of hydrogen-bond donors (Lipinski definition) is 3. The molecule has 0 spiro atoms. The summed E-state index contributed by atoms with van der Waals surface area (Å²) >= 11 is 1.29. The van der Waals surface area contributed by atoms with Gasteiger partial charge in [0, 0.05) is 13.0 Å². The van der Waals surface area contributed by atoms with Crippen LogP contribution in [0.15, 0.2) is 0 Å². The van der Waals surface area contributed by atoms with E-state index in [-0.39, 0.29) is 12.5 Å². The van der Waals surface area contributed by atoms with E-state index in [2.05, 4.69) is 20.8 Å². The van der Waals surface area contributed by atoms with Crippen LogP contribution in [0.3, 0.4) is 0 Å². The van der Waals surface area contributed by atoms with Crippen molar-refractivity contribution in [3.05, 3.63) is 5.01 Å². The van der Waals surface area contributed by atoms with E-state index in [4.69, 9.17) is 5.11 Å². The van der Waals surface area contributed by atoms with Crippen LogP contribution in [0.25, 0.3) is 0 Å². The quantitative estimate of drug-likeness (QED) is 0.665. The van der Waals surface area contributed by atoms with E-state index in [1.807, 2.05) is 0 Å². The minimum absolute atomic E-state index is 0.124. The Labute approximate surface area is 102 Å². The molecule has 7 nitrogen and oxygen atoms in total. The number of aryl methyl sites for hydroxylation is 1. The lowest BCUT2D eigenvalue weighted by molar-refractivity contribution is -0.137. The Morgan fingerprint density at radius 1 is 1.35 bits per heavy atom. The first-order valence-corrected chi connectivity index (χ1v) is 5.96. The van der Waals surface area contributed by atoms with Crippen molar-refractivity contribution in [2.75, 3.05) is 11.9 Å². The lowest BCUT2D eigenvalue weighted by Crippen LogP contribution is -2.29. The third-order valence-electron chi connectivity index (χ3n) is 1.85. The van der Waals surface area contributed by atoms with Gasteiger partial charge in [0.05, 0.1) is 0 Å². The van der Waals surface area contributed by atoms with Gasteiger partial charge in [-0.1, -0.05) is 11.3 Å². The number of anilines is 1. The Bertz CT molecular complexity index is 393. The standard InChI is InChI=1S/C9H14N4O3S/c1-6-12-13-9(17-6)11-8(16)10-5-3-2-4-7(14)15/h2-5H2,1H3,(H,14,15)(H2,10,11,13,16). The molecular formula is C9H14N4O3S. The predicted molar refractivity (Wildman–Crippen MR) is 63.2 cm³/mol. The minimum atomic E-state index is -0.821. The zero-order valence-electron chi connectivity index (χ0n) is 9.39. The summed E-state index contributed by atoms with van der Waals surface area (Å²) < 4.78 is 0. The molecule has 94 valence electrons. The molecule has 0 aromatic carbocycles. The van der Waals surface area contributed by atoms with Crippen molar-refractivity contribution in [1.29, 1.82) is 0 Å². The molecule has 2 amide bonds. The first kappa shape index (κ1) is 13.4. The third kappa shape index (κ3) is 5.81. The van der Waals surface area contributed by atoms with E-state index >= 15 is 0 Å². The van der Waals surface area contributed by atoms with E-state index in [1.54, 1.807) is 6.92 Å². The summed E-state index contributed by atoms with van der Waals surface area (Å²) in [4.78, 5) is 21.5. The van der Waals surface area contributed by atoms with Crippen LogP contribution in [0.2, 0.25) is 0 Å². The average molecular weight is 258 g/mol. The molecular weight excluding hydrogens is 244 g/mol. The molecule has 0 radical (unpaired) electrons. The van der Waals surface area contributed by atoms with Crippen molar-refractivity contribution >= 4 is 28.5 Å². The maximum Gasteiger partial charge on any atom is 0.321 e. The van der Waals surface area contributed by atoms with E-state index < -0.39 is 5.97 Å². The first-order chi connectivity index (χ1) is 8.08. The van der Waals surface area contributed by atoms with Crippen LogP contribution < -0.4 is 10.6 Å². The van der Waals surface area contributed by atoms with Crippen molar-refractivity contribution < 1.29 is 14.7 Å². The molecule has 1 rings (SSSR count). The number of unbranched alkanes of at least 4 members (excludes halogenated alkanes) is 1. The van der Waals surface area contributed by atoms with Gasteiger partial charge in [0.1, 0.15) is 5.01 Å². The summed E-state index contributed by atoms with van der Waals surface area (Å²) in [5.74, 6) is -0.821. The van der Waals surface area contributed by atoms with Crippen LogP contribution in [0.4, 0.5) is 9.93 Å². The van der Waals surface area contributed by atoms with Crippen molar-refractivity contribution in [2.45, 2.75) is 26.2 Å². The van der Waals surface area contributed by atoms with Gasteiger partial charge in [-0.25, -0.2) is 4.79 Å². The van der Waals surface area contributed by atoms with E-state index in [1.165, 1.54) is 11.3 Å². The summed E-state index contributed by atoms with van der Waals surface area (Å²) in [6.07, 6.45) is 1.31. The molecule has 3 N–H and O–H groups in total. The molecule has 17 heavy (non-hydrogen) atoms. The van der Waals surface area contributed by atoms with Gasteiger partial charge in [-0.15, -0.1) is 10.2 Å². The summed E-state index contributed by atoms with van der Waals surface area (Å²) in [6, 6.07) is -0.350. The molecule has 1 aromatic heterocycles. The van der Waals surface area contributed by atoms with E-state index in [0.717, 1.165) is 5.01 Å². The van der Waals surface area contributed by atoms with Crippen molar-refractivity contribution in [2.24, 2.45) is 0 Å². The number of carboxylic acids is 1. The lowest BCUT2D eigenvalue weighted by Gasteiger charge is -2.03. The second-order valence-corrected chi connectivity index (χ2v) is 4.54. The molecule has 1 aromatic rings. The first-order valence-electron chi connectivity index (χ1n) is 5.14. The summed E-state index contributed by atoms with van der Waals surface area (Å²) in [5.41, 5.74) is 0. The number of carbonyl (C=O) groups is 2. The highest BCUT2D eigenvalue weighted by atomic mass is 32.1. The molecule has 0 unspecified atom stereocenters. The predicted octanol–water partition coefficient (Wildman–Crippen LogP) is 1.22. The number of aromatic nitrogens is 2. The second-order valence-electron chi connectivity index (χ2n) is 3.36. The zero-order valence-corrected chi connectivity index (χ0v) is 10.2. The highest BCUT2D eigenvalue weighted by molar-refractivity contribution is 7.15. The van der Waals surface area contributed by atoms with E-state index in [9.17, 15) is 9.59 Å². The topological polar surface area (TPSA) is 104 Å². The van der Waals surface area contributed by atoms with Gasteiger partial charge < -0.3 is 10.4 Å². The van der Waals surface area contributed by atoms with Crippen LogP contribution in [0.5, 0.6) is 0 Å². The zero-order chi connectivity index (χ0) is 12.7. The largest absolute Gasteiger partial charge is 0.481 e. The lowest BCUT2D eigenvalue weighted by atomic mass is 10.2. The fourth-order valence-corrected chi connectivity index (χ4v) is 1.68. The highest BCUT2D eigenvalue weighted by Gasteiger charge is 2.05. The fraction of sp³-hybridized carbons (Fsp3) is 0.556. The fourth-order valence-electron chi connectivity index (χ4n) is 1.09. The maximum atomic E-state index is 11.3. The number of carboxylic acid groups (broad SMARTS) is 1. The van der Waals surface area contributed by atoms with Crippen molar-refractivity contribution in [1.82, 2.24) is 15.5 Å². The minimum Gasteiger partial charge on any atom is -0.481 e. The van der Waals surface area contributed by atoms with Crippen LogP contribution >= 0.6 is 11.3 Å². The molecule has 0 saturated carbocycles. The highest BCUT2D eigenvalue weighted by Crippen LogP contribution is 2.12. The Hall–Kier alpha value is -1.70. The third-order valence-corrected chi connectivity index (χ3v) is 2.60.